The molecule has 1 heterocycles. The van der Waals surface area contributed by atoms with Gasteiger partial charge in [0.2, 0.25) is 0 Å². The molecule has 0 saturated carbocycles. The van der Waals surface area contributed by atoms with E-state index in [-0.39, 0.29) is 11.2 Å². The third kappa shape index (κ3) is 2.04. The molecular formula is C12H12N2O3. The van der Waals surface area contributed by atoms with Crippen LogP contribution in [0.25, 0.3) is 10.9 Å². The maximum Gasteiger partial charge on any atom is 0.271 e. The molecule has 0 unspecified atom stereocenters. The van der Waals surface area contributed by atoms with Crippen molar-refractivity contribution in [1.29, 1.82) is 0 Å². The molecule has 0 atom stereocenters. The van der Waals surface area contributed by atoms with Gasteiger partial charge in [-0.3, -0.25) is 14.9 Å². The second-order valence-corrected chi connectivity index (χ2v) is 3.82. The molecule has 0 bridgehead atoms. The van der Waals surface area contributed by atoms with Crippen molar-refractivity contribution in [1.82, 2.24) is 4.57 Å². The lowest BCUT2D eigenvalue weighted by molar-refractivity contribution is -0.384. The summed E-state index contributed by atoms with van der Waals surface area (Å²) in [6, 6.07) is 7.74. The molecule has 5 heteroatoms. The van der Waals surface area contributed by atoms with Crippen LogP contribution in [0.5, 0.6) is 0 Å². The van der Waals surface area contributed by atoms with Crippen molar-refractivity contribution >= 4 is 16.6 Å². The maximum atomic E-state index is 11.7. The molecule has 0 radical (unpaired) electrons. The number of nitro groups is 1. The zero-order valence-corrected chi connectivity index (χ0v) is 9.42. The first-order valence-corrected chi connectivity index (χ1v) is 5.41. The topological polar surface area (TPSA) is 65.1 Å². The fraction of sp³-hybridized carbons (Fsp3) is 0.250. The number of nitro benzene ring substituents is 1. The summed E-state index contributed by atoms with van der Waals surface area (Å²) in [6.07, 6.45) is 0.807. The zero-order chi connectivity index (χ0) is 12.4. The molecule has 0 amide bonds. The van der Waals surface area contributed by atoms with E-state index in [2.05, 4.69) is 0 Å². The molecule has 1 aromatic carbocycles. The molecule has 0 aliphatic carbocycles. The minimum Gasteiger partial charge on any atom is -0.308 e. The summed E-state index contributed by atoms with van der Waals surface area (Å²) >= 11 is 0. The number of nitrogens with zero attached hydrogens (tertiary/aromatic N) is 2. The van der Waals surface area contributed by atoms with Gasteiger partial charge in [-0.15, -0.1) is 0 Å². The van der Waals surface area contributed by atoms with E-state index < -0.39 is 4.92 Å². The van der Waals surface area contributed by atoms with Crippen LogP contribution < -0.4 is 5.56 Å². The van der Waals surface area contributed by atoms with E-state index in [0.717, 1.165) is 11.8 Å². The molecule has 0 spiro atoms. The minimum absolute atomic E-state index is 0.00736. The third-order valence-corrected chi connectivity index (χ3v) is 2.63. The average molecular weight is 232 g/mol. The number of non-ortho nitro benzene ring substituents is 1. The predicted molar refractivity (Wildman–Crippen MR) is 65.2 cm³/mol. The second-order valence-electron chi connectivity index (χ2n) is 3.82. The SMILES string of the molecule is CCCn1c(=O)ccc2ccc([N+](=O)[O-])cc21. The smallest absolute Gasteiger partial charge is 0.271 e. The zero-order valence-electron chi connectivity index (χ0n) is 9.42. The predicted octanol–water partition coefficient (Wildman–Crippen LogP) is 2.32. The largest absolute Gasteiger partial charge is 0.308 e. The summed E-state index contributed by atoms with van der Waals surface area (Å²) in [6.45, 7) is 2.53. The summed E-state index contributed by atoms with van der Waals surface area (Å²) in [5.41, 5.74) is 0.501. The Balaban J connectivity index is 2.75. The number of hydrogen-bond acceptors (Lipinski definition) is 3. The van der Waals surface area contributed by atoms with Gasteiger partial charge in [0.1, 0.15) is 0 Å². The van der Waals surface area contributed by atoms with Gasteiger partial charge >= 0.3 is 0 Å². The number of rotatable bonds is 3. The van der Waals surface area contributed by atoms with Gasteiger partial charge in [0, 0.05) is 24.7 Å². The third-order valence-electron chi connectivity index (χ3n) is 2.63. The van der Waals surface area contributed by atoms with Gasteiger partial charge in [-0.25, -0.2) is 0 Å². The molecule has 0 saturated heterocycles. The Kier molecular flexibility index (Phi) is 2.91. The van der Waals surface area contributed by atoms with Crippen LogP contribution in [-0.4, -0.2) is 9.49 Å². The standard InChI is InChI=1S/C12H12N2O3/c1-2-7-13-11-8-10(14(16)17)5-3-9(11)4-6-12(13)15/h3-6,8H,2,7H2,1H3. The number of pyridine rings is 1. The van der Waals surface area contributed by atoms with E-state index >= 15 is 0 Å². The molecule has 1 aromatic heterocycles. The van der Waals surface area contributed by atoms with Gasteiger partial charge in [0.05, 0.1) is 10.4 Å². The Labute approximate surface area is 97.5 Å². The van der Waals surface area contributed by atoms with E-state index in [1.165, 1.54) is 18.2 Å². The fourth-order valence-corrected chi connectivity index (χ4v) is 1.84. The van der Waals surface area contributed by atoms with Crippen LogP contribution in [0.2, 0.25) is 0 Å². The lowest BCUT2D eigenvalue weighted by Crippen LogP contribution is -2.19. The highest BCUT2D eigenvalue weighted by molar-refractivity contribution is 5.81. The van der Waals surface area contributed by atoms with Crippen LogP contribution in [0.15, 0.2) is 35.1 Å². The molecule has 5 nitrogen and oxygen atoms in total. The first kappa shape index (κ1) is 11.3. The maximum absolute atomic E-state index is 11.7. The van der Waals surface area contributed by atoms with Crippen molar-refractivity contribution in [2.45, 2.75) is 19.9 Å². The summed E-state index contributed by atoms with van der Waals surface area (Å²) in [4.78, 5) is 22.0. The first-order chi connectivity index (χ1) is 8.13. The van der Waals surface area contributed by atoms with Crippen molar-refractivity contribution in [3.8, 4) is 0 Å². The first-order valence-electron chi connectivity index (χ1n) is 5.41. The number of aromatic nitrogens is 1. The van der Waals surface area contributed by atoms with Gasteiger partial charge in [-0.2, -0.15) is 0 Å². The normalized spacial score (nSPS) is 10.6. The summed E-state index contributed by atoms with van der Waals surface area (Å²) in [5.74, 6) is 0. The molecule has 0 N–H and O–H groups in total. The second kappa shape index (κ2) is 4.37. The van der Waals surface area contributed by atoms with Crippen molar-refractivity contribution < 1.29 is 4.92 Å². The van der Waals surface area contributed by atoms with Gasteiger partial charge in [-0.05, 0) is 23.9 Å². The van der Waals surface area contributed by atoms with E-state index in [4.69, 9.17) is 0 Å². The van der Waals surface area contributed by atoms with Crippen molar-refractivity contribution in [3.63, 3.8) is 0 Å². The monoisotopic (exact) mass is 232 g/mol. The summed E-state index contributed by atoms with van der Waals surface area (Å²) < 4.78 is 1.57. The molecule has 0 aliphatic heterocycles. The van der Waals surface area contributed by atoms with Crippen molar-refractivity contribution in [2.24, 2.45) is 0 Å². The van der Waals surface area contributed by atoms with Crippen LogP contribution in [0, 0.1) is 10.1 Å². The van der Waals surface area contributed by atoms with E-state index in [0.29, 0.717) is 12.1 Å². The Hall–Kier alpha value is -2.17. The highest BCUT2D eigenvalue weighted by atomic mass is 16.6. The Morgan fingerprint density at radius 2 is 2.00 bits per heavy atom. The van der Waals surface area contributed by atoms with E-state index in [9.17, 15) is 14.9 Å². The molecule has 0 aliphatic rings. The van der Waals surface area contributed by atoms with Crippen molar-refractivity contribution in [2.75, 3.05) is 0 Å². The molecule has 17 heavy (non-hydrogen) atoms. The van der Waals surface area contributed by atoms with Gasteiger partial charge in [0.25, 0.3) is 11.2 Å². The lowest BCUT2D eigenvalue weighted by Gasteiger charge is -2.08. The number of benzene rings is 1. The average Bonchev–Trinajstić information content (AvgIpc) is 2.32. The minimum atomic E-state index is -0.451. The highest BCUT2D eigenvalue weighted by Gasteiger charge is 2.09. The van der Waals surface area contributed by atoms with Crippen LogP contribution >= 0.6 is 0 Å². The van der Waals surface area contributed by atoms with Crippen molar-refractivity contribution in [3.05, 3.63) is 50.8 Å². The van der Waals surface area contributed by atoms with Gasteiger partial charge in [-0.1, -0.05) is 6.92 Å². The number of fused-ring (bicyclic) bond motifs is 1. The quantitative estimate of drug-likeness (QED) is 0.602. The fourth-order valence-electron chi connectivity index (χ4n) is 1.84. The van der Waals surface area contributed by atoms with Crippen LogP contribution in [0.3, 0.4) is 0 Å². The molecule has 2 aromatic rings. The van der Waals surface area contributed by atoms with Crippen LogP contribution in [-0.2, 0) is 6.54 Å². The number of hydrogen-bond donors (Lipinski definition) is 0. The van der Waals surface area contributed by atoms with Gasteiger partial charge < -0.3 is 4.57 Å². The van der Waals surface area contributed by atoms with Crippen LogP contribution in [0.1, 0.15) is 13.3 Å². The lowest BCUT2D eigenvalue weighted by atomic mass is 10.2. The summed E-state index contributed by atoms with van der Waals surface area (Å²) in [7, 11) is 0. The van der Waals surface area contributed by atoms with E-state index in [1.807, 2.05) is 6.92 Å². The molecule has 88 valence electrons. The molecular weight excluding hydrogens is 220 g/mol. The Morgan fingerprint density at radius 3 is 2.65 bits per heavy atom. The Morgan fingerprint density at radius 1 is 1.29 bits per heavy atom. The van der Waals surface area contributed by atoms with Gasteiger partial charge in [0.15, 0.2) is 0 Å². The van der Waals surface area contributed by atoms with Crippen LogP contribution in [0.4, 0.5) is 5.69 Å². The Bertz CT molecular complexity index is 631. The van der Waals surface area contributed by atoms with E-state index in [1.54, 1.807) is 16.7 Å². The highest BCUT2D eigenvalue weighted by Crippen LogP contribution is 2.19. The molecule has 0 fully saturated rings. The summed E-state index contributed by atoms with van der Waals surface area (Å²) in [5, 5.41) is 11.6. The number of aryl methyl sites for hydroxylation is 1. The molecule has 2 rings (SSSR count).